The van der Waals surface area contributed by atoms with Crippen LogP contribution in [0.4, 0.5) is 0 Å². The van der Waals surface area contributed by atoms with E-state index in [9.17, 15) is 14.4 Å². The van der Waals surface area contributed by atoms with E-state index in [1.54, 1.807) is 42.5 Å². The van der Waals surface area contributed by atoms with Gasteiger partial charge in [0.1, 0.15) is 11.5 Å². The van der Waals surface area contributed by atoms with Crippen LogP contribution in [-0.2, 0) is 20.7 Å². The van der Waals surface area contributed by atoms with E-state index < -0.39 is 24.4 Å². The summed E-state index contributed by atoms with van der Waals surface area (Å²) in [6.07, 6.45) is -0.00899. The fourth-order valence-corrected chi connectivity index (χ4v) is 2.21. The summed E-state index contributed by atoms with van der Waals surface area (Å²) in [6.45, 7) is -0.552. The molecule has 0 bridgehead atoms. The highest BCUT2D eigenvalue weighted by atomic mass is 16.5. The Morgan fingerprint density at radius 3 is 2.46 bits per heavy atom. The van der Waals surface area contributed by atoms with Crippen LogP contribution in [-0.4, -0.2) is 38.6 Å². The summed E-state index contributed by atoms with van der Waals surface area (Å²) < 4.78 is 15.0. The van der Waals surface area contributed by atoms with Crippen molar-refractivity contribution in [2.75, 3.05) is 20.8 Å². The lowest BCUT2D eigenvalue weighted by atomic mass is 10.1. The first-order valence-electron chi connectivity index (χ1n) is 7.79. The topological polar surface area (TPSA) is 90.9 Å². The first kappa shape index (κ1) is 19.0. The maximum atomic E-state index is 12.1. The second-order valence-electron chi connectivity index (χ2n) is 5.27. The molecule has 1 N–H and O–H groups in total. The molecule has 0 unspecified atom stereocenters. The Balaban J connectivity index is 1.84. The number of imide groups is 1. The van der Waals surface area contributed by atoms with Crippen molar-refractivity contribution in [2.24, 2.45) is 0 Å². The average Bonchev–Trinajstić information content (AvgIpc) is 2.66. The third-order valence-electron chi connectivity index (χ3n) is 3.45. The molecule has 7 nitrogen and oxygen atoms in total. The van der Waals surface area contributed by atoms with Gasteiger partial charge >= 0.3 is 5.97 Å². The summed E-state index contributed by atoms with van der Waals surface area (Å²) in [5.41, 5.74) is 0.908. The van der Waals surface area contributed by atoms with Crippen LogP contribution in [0, 0.1) is 0 Å². The van der Waals surface area contributed by atoms with E-state index in [1.807, 2.05) is 0 Å². The molecule has 2 aromatic rings. The number of para-hydroxylation sites is 1. The van der Waals surface area contributed by atoms with Crippen molar-refractivity contribution in [3.8, 4) is 11.5 Å². The van der Waals surface area contributed by atoms with Gasteiger partial charge in [0.15, 0.2) is 6.61 Å². The van der Waals surface area contributed by atoms with Gasteiger partial charge in [0.05, 0.1) is 26.2 Å². The SMILES string of the molecule is COc1cccc(CC(=O)OCC(=O)NC(=O)c2ccccc2OC)c1. The lowest BCUT2D eigenvalue weighted by Crippen LogP contribution is -2.34. The summed E-state index contributed by atoms with van der Waals surface area (Å²) in [4.78, 5) is 35.7. The van der Waals surface area contributed by atoms with Gasteiger partial charge in [-0.2, -0.15) is 0 Å². The van der Waals surface area contributed by atoms with Crippen LogP contribution >= 0.6 is 0 Å². The summed E-state index contributed by atoms with van der Waals surface area (Å²) in [7, 11) is 2.95. The lowest BCUT2D eigenvalue weighted by molar-refractivity contribution is -0.147. The van der Waals surface area contributed by atoms with Crippen molar-refractivity contribution in [3.05, 3.63) is 59.7 Å². The Kier molecular flexibility index (Phi) is 6.73. The number of carbonyl (C=O) groups is 3. The van der Waals surface area contributed by atoms with Crippen LogP contribution < -0.4 is 14.8 Å². The highest BCUT2D eigenvalue weighted by molar-refractivity contribution is 6.06. The zero-order chi connectivity index (χ0) is 18.9. The lowest BCUT2D eigenvalue weighted by Gasteiger charge is -2.09. The number of carbonyl (C=O) groups excluding carboxylic acids is 3. The van der Waals surface area contributed by atoms with Gasteiger partial charge < -0.3 is 14.2 Å². The molecule has 0 aliphatic rings. The molecular formula is C19H19NO6. The minimum absolute atomic E-state index is 0.00899. The van der Waals surface area contributed by atoms with E-state index in [0.29, 0.717) is 17.1 Å². The average molecular weight is 357 g/mol. The Labute approximate surface area is 150 Å². The molecule has 2 amide bonds. The van der Waals surface area contributed by atoms with Crippen LogP contribution in [0.15, 0.2) is 48.5 Å². The first-order valence-corrected chi connectivity index (χ1v) is 7.79. The van der Waals surface area contributed by atoms with Gasteiger partial charge in [0.25, 0.3) is 11.8 Å². The molecule has 0 radical (unpaired) electrons. The second kappa shape index (κ2) is 9.22. The summed E-state index contributed by atoms with van der Waals surface area (Å²) in [5.74, 6) is -0.974. The molecule has 7 heteroatoms. The molecule has 136 valence electrons. The summed E-state index contributed by atoms with van der Waals surface area (Å²) >= 11 is 0. The Morgan fingerprint density at radius 2 is 1.73 bits per heavy atom. The second-order valence-corrected chi connectivity index (χ2v) is 5.27. The monoisotopic (exact) mass is 357 g/mol. The van der Waals surface area contributed by atoms with Gasteiger partial charge in [0.2, 0.25) is 0 Å². The highest BCUT2D eigenvalue weighted by Crippen LogP contribution is 2.16. The molecule has 2 aromatic carbocycles. The number of hydrogen-bond donors (Lipinski definition) is 1. The molecule has 0 aliphatic carbocycles. The molecule has 0 spiro atoms. The van der Waals surface area contributed by atoms with Crippen molar-refractivity contribution in [3.63, 3.8) is 0 Å². The Morgan fingerprint density at radius 1 is 0.962 bits per heavy atom. The standard InChI is InChI=1S/C19H19NO6/c1-24-14-7-5-6-13(10-14)11-18(22)26-12-17(21)20-19(23)15-8-3-4-9-16(15)25-2/h3-10H,11-12H2,1-2H3,(H,20,21,23). The van der Waals surface area contributed by atoms with E-state index in [4.69, 9.17) is 14.2 Å². The van der Waals surface area contributed by atoms with Crippen molar-refractivity contribution in [1.82, 2.24) is 5.32 Å². The van der Waals surface area contributed by atoms with Gasteiger partial charge in [-0.15, -0.1) is 0 Å². The smallest absolute Gasteiger partial charge is 0.310 e. The Hall–Kier alpha value is -3.35. The number of esters is 1. The molecule has 26 heavy (non-hydrogen) atoms. The fourth-order valence-electron chi connectivity index (χ4n) is 2.21. The minimum Gasteiger partial charge on any atom is -0.497 e. The van der Waals surface area contributed by atoms with Gasteiger partial charge in [-0.25, -0.2) is 0 Å². The zero-order valence-corrected chi connectivity index (χ0v) is 14.5. The van der Waals surface area contributed by atoms with Crippen molar-refractivity contribution >= 4 is 17.8 Å². The van der Waals surface area contributed by atoms with E-state index in [0.717, 1.165) is 0 Å². The van der Waals surface area contributed by atoms with Crippen LogP contribution in [0.3, 0.4) is 0 Å². The highest BCUT2D eigenvalue weighted by Gasteiger charge is 2.16. The van der Waals surface area contributed by atoms with Gasteiger partial charge in [-0.3, -0.25) is 19.7 Å². The minimum atomic E-state index is -0.722. The third-order valence-corrected chi connectivity index (χ3v) is 3.45. The van der Waals surface area contributed by atoms with Gasteiger partial charge in [0, 0.05) is 0 Å². The van der Waals surface area contributed by atoms with E-state index >= 15 is 0 Å². The predicted octanol–water partition coefficient (Wildman–Crippen LogP) is 1.75. The molecule has 0 saturated heterocycles. The summed E-state index contributed by atoms with van der Waals surface area (Å²) in [6, 6.07) is 13.4. The quantitative estimate of drug-likeness (QED) is 0.759. The normalized spacial score (nSPS) is 9.92. The number of benzene rings is 2. The number of amides is 2. The fraction of sp³-hybridized carbons (Fsp3) is 0.211. The van der Waals surface area contributed by atoms with E-state index in [1.165, 1.54) is 20.3 Å². The van der Waals surface area contributed by atoms with E-state index in [2.05, 4.69) is 5.32 Å². The van der Waals surface area contributed by atoms with E-state index in [-0.39, 0.29) is 12.0 Å². The van der Waals surface area contributed by atoms with Crippen LogP contribution in [0.5, 0.6) is 11.5 Å². The van der Waals surface area contributed by atoms with Crippen LogP contribution in [0.2, 0.25) is 0 Å². The number of rotatable bonds is 7. The maximum absolute atomic E-state index is 12.1. The largest absolute Gasteiger partial charge is 0.497 e. The molecule has 0 atom stereocenters. The van der Waals surface area contributed by atoms with Gasteiger partial charge in [-0.1, -0.05) is 24.3 Å². The molecule has 0 heterocycles. The first-order chi connectivity index (χ1) is 12.5. The number of nitrogens with one attached hydrogen (secondary N) is 1. The summed E-state index contributed by atoms with van der Waals surface area (Å²) in [5, 5.41) is 2.15. The number of hydrogen-bond acceptors (Lipinski definition) is 6. The maximum Gasteiger partial charge on any atom is 0.310 e. The molecule has 0 aromatic heterocycles. The van der Waals surface area contributed by atoms with Crippen molar-refractivity contribution in [2.45, 2.75) is 6.42 Å². The van der Waals surface area contributed by atoms with Crippen LogP contribution in [0.1, 0.15) is 15.9 Å². The molecule has 0 fully saturated rings. The molecular weight excluding hydrogens is 338 g/mol. The molecule has 2 rings (SSSR count). The van der Waals surface area contributed by atoms with Gasteiger partial charge in [-0.05, 0) is 29.8 Å². The van der Waals surface area contributed by atoms with Crippen LogP contribution in [0.25, 0.3) is 0 Å². The Bertz CT molecular complexity index is 802. The zero-order valence-electron chi connectivity index (χ0n) is 14.5. The van der Waals surface area contributed by atoms with Crippen molar-refractivity contribution in [1.29, 1.82) is 0 Å². The number of ether oxygens (including phenoxy) is 3. The molecule has 0 aliphatic heterocycles. The number of methoxy groups -OCH3 is 2. The predicted molar refractivity (Wildman–Crippen MR) is 93.1 cm³/mol. The van der Waals surface area contributed by atoms with Crippen molar-refractivity contribution < 1.29 is 28.6 Å². The third kappa shape index (κ3) is 5.34. The molecule has 0 saturated carbocycles.